The Morgan fingerprint density at radius 2 is 1.22 bits per heavy atom. The molecule has 3 aromatic rings. The van der Waals surface area contributed by atoms with Crippen molar-refractivity contribution in [3.05, 3.63) is 82.9 Å². The SMILES string of the molecule is CC[C@H](CCCCC(=O)C[C@H](CC)c1ccc(C(C)(C)C)cc1-c1ccc(-c2cc(C(C)(C)C)ccc2C#CC(=O)CCCCC[C@H](CC)C(=N)N)cc1)CC(=N)N. The van der Waals surface area contributed by atoms with E-state index in [0.29, 0.717) is 37.4 Å². The van der Waals surface area contributed by atoms with Gasteiger partial charge in [0, 0.05) is 37.2 Å². The maximum atomic E-state index is 13.4. The number of carbonyl (C=O) groups excluding carboxylic acids is 2. The summed E-state index contributed by atoms with van der Waals surface area (Å²) >= 11 is 0. The lowest BCUT2D eigenvalue weighted by atomic mass is 9.79. The third-order valence-corrected chi connectivity index (χ3v) is 11.8. The second kappa shape index (κ2) is 22.6. The van der Waals surface area contributed by atoms with E-state index in [4.69, 9.17) is 22.3 Å². The third-order valence-electron chi connectivity index (χ3n) is 11.8. The average Bonchev–Trinajstić information content (AvgIpc) is 3.17. The topological polar surface area (TPSA) is 134 Å². The quantitative estimate of drug-likeness (QED) is 0.0349. The lowest BCUT2D eigenvalue weighted by molar-refractivity contribution is -0.119. The van der Waals surface area contributed by atoms with Crippen LogP contribution < -0.4 is 11.5 Å². The standard InChI is InChI=1S/C52H74N4O2/c1-10-36(32-49(53)54)18-16-17-21-45(58)33-38(12-3)46-31-29-43(52(7,8)9)35-48(46)41-24-22-39(23-25-41)47-34-42(51(4,5)6)28-26-40(47)27-30-44(57)20-15-13-14-19-37(11-2)50(55)56/h22-26,28-29,31,34-38H,10-21,32-33H2,1-9H3,(H3,53,54)(H3,55,56)/t36-,37+,38+/m1/s1. The highest BCUT2D eigenvalue weighted by atomic mass is 16.1. The number of hydrogen-bond donors (Lipinski definition) is 4. The van der Waals surface area contributed by atoms with Crippen molar-refractivity contribution in [1.29, 1.82) is 10.8 Å². The molecule has 6 nitrogen and oxygen atoms in total. The first kappa shape index (κ1) is 47.9. The number of ketones is 2. The molecule has 3 atom stereocenters. The van der Waals surface area contributed by atoms with Crippen molar-refractivity contribution in [1.82, 2.24) is 0 Å². The van der Waals surface area contributed by atoms with E-state index in [1.807, 2.05) is 0 Å². The summed E-state index contributed by atoms with van der Waals surface area (Å²) in [4.78, 5) is 26.3. The molecule has 6 N–H and O–H groups in total. The molecule has 0 spiro atoms. The molecule has 58 heavy (non-hydrogen) atoms. The van der Waals surface area contributed by atoms with E-state index in [2.05, 4.69) is 135 Å². The molecule has 0 fully saturated rings. The fourth-order valence-corrected chi connectivity index (χ4v) is 7.82. The number of hydrogen-bond acceptors (Lipinski definition) is 4. The molecule has 314 valence electrons. The molecule has 0 unspecified atom stereocenters. The van der Waals surface area contributed by atoms with Crippen molar-refractivity contribution in [2.24, 2.45) is 23.3 Å². The Labute approximate surface area is 351 Å². The van der Waals surface area contributed by atoms with Gasteiger partial charge in [0.05, 0.1) is 11.7 Å². The van der Waals surface area contributed by atoms with Crippen LogP contribution in [0.25, 0.3) is 22.3 Å². The van der Waals surface area contributed by atoms with Crippen molar-refractivity contribution in [3.63, 3.8) is 0 Å². The van der Waals surface area contributed by atoms with E-state index < -0.39 is 0 Å². The maximum absolute atomic E-state index is 13.4. The Morgan fingerprint density at radius 3 is 1.78 bits per heavy atom. The molecule has 0 amide bonds. The summed E-state index contributed by atoms with van der Waals surface area (Å²) in [6.07, 6.45) is 11.4. The molecule has 0 aromatic heterocycles. The van der Waals surface area contributed by atoms with Crippen molar-refractivity contribution >= 4 is 23.2 Å². The van der Waals surface area contributed by atoms with Gasteiger partial charge in [-0.15, -0.1) is 0 Å². The van der Waals surface area contributed by atoms with E-state index in [1.54, 1.807) is 0 Å². The molecule has 0 radical (unpaired) electrons. The second-order valence-electron chi connectivity index (χ2n) is 18.6. The molecule has 0 heterocycles. The van der Waals surface area contributed by atoms with E-state index >= 15 is 0 Å². The molecule has 0 saturated carbocycles. The van der Waals surface area contributed by atoms with Crippen LogP contribution in [0.2, 0.25) is 0 Å². The predicted octanol–water partition coefficient (Wildman–Crippen LogP) is 12.8. The Morgan fingerprint density at radius 1 is 0.655 bits per heavy atom. The van der Waals surface area contributed by atoms with Crippen molar-refractivity contribution in [3.8, 4) is 34.1 Å². The second-order valence-corrected chi connectivity index (χ2v) is 18.6. The number of rotatable bonds is 22. The summed E-state index contributed by atoms with van der Waals surface area (Å²) in [7, 11) is 0. The highest BCUT2D eigenvalue weighted by Crippen LogP contribution is 2.39. The molecule has 0 aliphatic carbocycles. The van der Waals surface area contributed by atoms with Gasteiger partial charge in [0.25, 0.3) is 0 Å². The van der Waals surface area contributed by atoms with Gasteiger partial charge in [-0.1, -0.05) is 149 Å². The molecular formula is C52H74N4O2. The van der Waals surface area contributed by atoms with Crippen LogP contribution >= 0.6 is 0 Å². The first-order valence-electron chi connectivity index (χ1n) is 22.0. The van der Waals surface area contributed by atoms with E-state index in [-0.39, 0.29) is 40.1 Å². The molecule has 3 rings (SSSR count). The van der Waals surface area contributed by atoms with Crippen LogP contribution in [0.4, 0.5) is 0 Å². The minimum absolute atomic E-state index is 0.0322. The zero-order valence-electron chi connectivity index (χ0n) is 37.4. The number of benzene rings is 3. The van der Waals surface area contributed by atoms with E-state index in [0.717, 1.165) is 86.5 Å². The summed E-state index contributed by atoms with van der Waals surface area (Å²) in [5.74, 6) is 7.62. The summed E-state index contributed by atoms with van der Waals surface area (Å²) in [6.45, 7) is 19.7. The van der Waals surface area contributed by atoms with Crippen LogP contribution in [0.1, 0.15) is 180 Å². The Bertz CT molecular complexity index is 1900. The summed E-state index contributed by atoms with van der Waals surface area (Å²) < 4.78 is 0. The number of amidine groups is 2. The van der Waals surface area contributed by atoms with Gasteiger partial charge in [-0.3, -0.25) is 20.4 Å². The van der Waals surface area contributed by atoms with E-state index in [9.17, 15) is 9.59 Å². The van der Waals surface area contributed by atoms with Gasteiger partial charge >= 0.3 is 0 Å². The lowest BCUT2D eigenvalue weighted by Gasteiger charge is -2.25. The van der Waals surface area contributed by atoms with Crippen LogP contribution in [0, 0.1) is 34.5 Å². The van der Waals surface area contributed by atoms with Gasteiger partial charge in [0.15, 0.2) is 0 Å². The normalized spacial score (nSPS) is 13.3. The monoisotopic (exact) mass is 787 g/mol. The number of nitrogens with two attached hydrogens (primary N) is 2. The molecule has 0 aliphatic heterocycles. The number of Topliss-reactive ketones (excluding diaryl/α,β-unsaturated/α-hetero) is 2. The van der Waals surface area contributed by atoms with Crippen molar-refractivity contribution in [2.75, 3.05) is 0 Å². The Kier molecular flexibility index (Phi) is 18.7. The minimum Gasteiger partial charge on any atom is -0.388 e. The molecule has 0 bridgehead atoms. The average molecular weight is 787 g/mol. The molecular weight excluding hydrogens is 713 g/mol. The lowest BCUT2D eigenvalue weighted by Crippen LogP contribution is -2.21. The Hall–Kier alpha value is -4.50. The molecule has 6 heteroatoms. The van der Waals surface area contributed by atoms with Crippen molar-refractivity contribution < 1.29 is 9.59 Å². The summed E-state index contributed by atoms with van der Waals surface area (Å²) in [5, 5.41) is 15.4. The van der Waals surface area contributed by atoms with Gasteiger partial charge in [-0.25, -0.2) is 0 Å². The summed E-state index contributed by atoms with van der Waals surface area (Å²) in [6, 6.07) is 21.9. The summed E-state index contributed by atoms with van der Waals surface area (Å²) in [5.41, 5.74) is 20.2. The van der Waals surface area contributed by atoms with Crippen LogP contribution in [0.15, 0.2) is 60.7 Å². The van der Waals surface area contributed by atoms with Gasteiger partial charge in [0.1, 0.15) is 5.78 Å². The van der Waals surface area contributed by atoms with Gasteiger partial charge in [0.2, 0.25) is 5.78 Å². The van der Waals surface area contributed by atoms with Crippen LogP contribution in [-0.2, 0) is 20.4 Å². The number of unbranched alkanes of at least 4 members (excludes halogenated alkanes) is 3. The Balaban J connectivity index is 1.88. The van der Waals surface area contributed by atoms with Gasteiger partial charge < -0.3 is 11.5 Å². The molecule has 0 aliphatic rings. The first-order chi connectivity index (χ1) is 27.4. The smallest absolute Gasteiger partial charge is 0.205 e. The van der Waals surface area contributed by atoms with Crippen LogP contribution in [-0.4, -0.2) is 23.2 Å². The predicted molar refractivity (Wildman–Crippen MR) is 247 cm³/mol. The van der Waals surface area contributed by atoms with Crippen molar-refractivity contribution in [2.45, 2.75) is 169 Å². The number of nitrogens with one attached hydrogen (secondary N) is 2. The third kappa shape index (κ3) is 15.0. The van der Waals surface area contributed by atoms with E-state index in [1.165, 1.54) is 22.3 Å². The zero-order chi connectivity index (χ0) is 43.0. The first-order valence-corrected chi connectivity index (χ1v) is 22.0. The highest BCUT2D eigenvalue weighted by Gasteiger charge is 2.23. The largest absolute Gasteiger partial charge is 0.388 e. The fourth-order valence-electron chi connectivity index (χ4n) is 7.82. The van der Waals surface area contributed by atoms with Crippen LogP contribution in [0.5, 0.6) is 0 Å². The fraction of sp³-hybridized carbons (Fsp3) is 0.538. The number of carbonyl (C=O) groups is 2. The zero-order valence-corrected chi connectivity index (χ0v) is 37.4. The maximum Gasteiger partial charge on any atom is 0.205 e. The minimum atomic E-state index is -0.0576. The van der Waals surface area contributed by atoms with Gasteiger partial charge in [-0.2, -0.15) is 0 Å². The molecule has 3 aromatic carbocycles. The highest BCUT2D eigenvalue weighted by molar-refractivity contribution is 5.96. The van der Waals surface area contributed by atoms with Crippen LogP contribution in [0.3, 0.4) is 0 Å². The molecule has 0 saturated heterocycles. The van der Waals surface area contributed by atoms with Gasteiger partial charge in [-0.05, 0) is 112 Å².